The zero-order chi connectivity index (χ0) is 34.1. The molecule has 0 aliphatic heterocycles. The number of likely N-dealkylation sites (N-methyl/N-ethyl adjacent to an activating group) is 3. The van der Waals surface area contributed by atoms with Crippen LogP contribution in [0.25, 0.3) is 0 Å². The number of carboxylic acid groups (broad SMARTS) is 1. The molecule has 0 aromatic heterocycles. The first-order valence-corrected chi connectivity index (χ1v) is 14.8. The van der Waals surface area contributed by atoms with Crippen LogP contribution in [0.15, 0.2) is 0 Å². The van der Waals surface area contributed by atoms with Crippen LogP contribution in [-0.4, -0.2) is 111 Å². The summed E-state index contributed by atoms with van der Waals surface area (Å²) >= 11 is 0. The van der Waals surface area contributed by atoms with Gasteiger partial charge in [-0.1, -0.05) is 60.8 Å². The first kappa shape index (κ1) is 40.6. The number of ketones is 5. The maximum Gasteiger partial charge on any atom is 0.344 e. The van der Waals surface area contributed by atoms with E-state index in [1.165, 1.54) is 21.1 Å². The third-order valence-corrected chi connectivity index (χ3v) is 8.87. The van der Waals surface area contributed by atoms with Gasteiger partial charge in [-0.15, -0.1) is 0 Å². The summed E-state index contributed by atoms with van der Waals surface area (Å²) in [5.41, 5.74) is -9.98. The zero-order valence-electron chi connectivity index (χ0n) is 27.2. The molecule has 0 saturated heterocycles. The summed E-state index contributed by atoms with van der Waals surface area (Å²) in [7, 11) is 4.24. The molecule has 0 saturated carbocycles. The Morgan fingerprint density at radius 2 is 1.00 bits per heavy atom. The minimum atomic E-state index is -3.63. The third-order valence-electron chi connectivity index (χ3n) is 8.87. The molecule has 0 aliphatic carbocycles. The van der Waals surface area contributed by atoms with Gasteiger partial charge in [-0.25, -0.2) is 4.79 Å². The smallest absolute Gasteiger partial charge is 0.344 e. The average Bonchev–Trinajstić information content (AvgIpc) is 2.96. The Hall–Kier alpha value is -2.42. The summed E-state index contributed by atoms with van der Waals surface area (Å²) in [5, 5.41) is 52.2. The van der Waals surface area contributed by atoms with Gasteiger partial charge < -0.3 is 36.4 Å². The summed E-state index contributed by atoms with van der Waals surface area (Å²) < 4.78 is 0. The lowest BCUT2D eigenvalue weighted by Crippen LogP contribution is -2.67. The Labute approximate surface area is 254 Å². The molecule has 13 nitrogen and oxygen atoms in total. The van der Waals surface area contributed by atoms with E-state index in [4.69, 9.17) is 0 Å². The highest BCUT2D eigenvalue weighted by Gasteiger charge is 2.61. The minimum absolute atomic E-state index is 0.335. The molecule has 6 unspecified atom stereocenters. The van der Waals surface area contributed by atoms with Gasteiger partial charge in [0.05, 0.1) is 31.0 Å². The highest BCUT2D eigenvalue weighted by molar-refractivity contribution is 6.25. The molecular formula is C30H53N3O10. The van der Waals surface area contributed by atoms with Crippen LogP contribution in [0.4, 0.5) is 0 Å². The summed E-state index contributed by atoms with van der Waals surface area (Å²) in [6, 6.07) is -3.30. The van der Waals surface area contributed by atoms with Crippen LogP contribution in [0.5, 0.6) is 0 Å². The lowest BCUT2D eigenvalue weighted by molar-refractivity contribution is -0.181. The fourth-order valence-electron chi connectivity index (χ4n) is 5.16. The Morgan fingerprint density at radius 1 is 0.628 bits per heavy atom. The van der Waals surface area contributed by atoms with Crippen molar-refractivity contribution < 1.29 is 49.2 Å². The zero-order valence-corrected chi connectivity index (χ0v) is 27.2. The average molecular weight is 616 g/mol. The van der Waals surface area contributed by atoms with Crippen molar-refractivity contribution in [3.8, 4) is 0 Å². The maximum absolute atomic E-state index is 13.9. The molecule has 0 radical (unpaired) electrons. The Balaban J connectivity index is 7.11. The van der Waals surface area contributed by atoms with E-state index in [1.807, 2.05) is 0 Å². The summed E-state index contributed by atoms with van der Waals surface area (Å²) in [5.74, 6) is -10.1. The molecule has 7 N–H and O–H groups in total. The second-order valence-electron chi connectivity index (χ2n) is 11.9. The molecule has 9 atom stereocenters. The first-order valence-electron chi connectivity index (χ1n) is 14.8. The number of carbonyl (C=O) groups excluding carboxylic acids is 5. The van der Waals surface area contributed by atoms with Crippen LogP contribution in [0.2, 0.25) is 0 Å². The van der Waals surface area contributed by atoms with E-state index in [-0.39, 0.29) is 11.8 Å². The number of nitrogens with one attached hydrogen (secondary N) is 3. The van der Waals surface area contributed by atoms with Crippen molar-refractivity contribution in [2.24, 2.45) is 17.8 Å². The van der Waals surface area contributed by atoms with Gasteiger partial charge in [0.15, 0.2) is 34.3 Å². The SMILES string of the molecule is CCC(C)[C@H](NC)C(=O)CC(O)(C(=O)O)C(=O)C(O)(CC(=O)C(C)(O)C(=O)[C@@H](NC)C(C)CC)C(=O)[C@@H](NC)C(C)CC. The number of hydrogen-bond donors (Lipinski definition) is 7. The third kappa shape index (κ3) is 8.83. The van der Waals surface area contributed by atoms with E-state index in [0.29, 0.717) is 19.3 Å². The summed E-state index contributed by atoms with van der Waals surface area (Å²) in [6.45, 7) is 11.1. The second-order valence-corrected chi connectivity index (χ2v) is 11.9. The van der Waals surface area contributed by atoms with Crippen molar-refractivity contribution in [1.82, 2.24) is 16.0 Å². The quantitative estimate of drug-likeness (QED) is 0.0787. The van der Waals surface area contributed by atoms with Gasteiger partial charge in [0.2, 0.25) is 11.4 Å². The van der Waals surface area contributed by atoms with E-state index in [0.717, 1.165) is 6.92 Å². The maximum atomic E-state index is 13.9. The molecule has 248 valence electrons. The normalized spacial score (nSPS) is 20.2. The van der Waals surface area contributed by atoms with Gasteiger partial charge in [0, 0.05) is 0 Å². The van der Waals surface area contributed by atoms with E-state index in [2.05, 4.69) is 16.0 Å². The fraction of sp³-hybridized carbons (Fsp3) is 0.800. The van der Waals surface area contributed by atoms with Crippen molar-refractivity contribution in [3.63, 3.8) is 0 Å². The lowest BCUT2D eigenvalue weighted by atomic mass is 9.71. The standard InChI is InChI=1S/C30H53N3O10/c1-11-16(4)21(31-8)19(34)14-30(43,27(39)40)26(38)29(42,25(37)23(33-10)18(6)13-3)15-20(35)28(7,41)24(36)22(32-9)17(5)12-2/h16-18,21-23,31-33,41-43H,11-15H2,1-10H3,(H,39,40)/t16?,17?,18?,21-,22-,23-,28?,29?,30?/m0/s1. The number of carboxylic acids is 1. The summed E-state index contributed by atoms with van der Waals surface area (Å²) in [6.07, 6.45) is -1.52. The number of Topliss-reactive ketones (excluding diaryl/α,β-unsaturated/α-hetero) is 5. The van der Waals surface area contributed by atoms with E-state index >= 15 is 0 Å². The van der Waals surface area contributed by atoms with Crippen molar-refractivity contribution in [2.45, 2.75) is 115 Å². The summed E-state index contributed by atoms with van der Waals surface area (Å²) in [4.78, 5) is 80.1. The molecule has 0 spiro atoms. The lowest BCUT2D eigenvalue weighted by Gasteiger charge is -2.37. The Kier molecular flexibility index (Phi) is 15.7. The van der Waals surface area contributed by atoms with Crippen LogP contribution in [-0.2, 0) is 28.8 Å². The van der Waals surface area contributed by atoms with E-state index < -0.39 is 88.6 Å². The minimum Gasteiger partial charge on any atom is -0.479 e. The van der Waals surface area contributed by atoms with Crippen LogP contribution < -0.4 is 16.0 Å². The van der Waals surface area contributed by atoms with E-state index in [1.54, 1.807) is 41.5 Å². The van der Waals surface area contributed by atoms with Crippen LogP contribution in [0.3, 0.4) is 0 Å². The molecule has 0 aromatic rings. The van der Waals surface area contributed by atoms with Gasteiger partial charge >= 0.3 is 5.97 Å². The predicted molar refractivity (Wildman–Crippen MR) is 159 cm³/mol. The molecule has 0 aromatic carbocycles. The van der Waals surface area contributed by atoms with Gasteiger partial charge in [-0.2, -0.15) is 0 Å². The Bertz CT molecular complexity index is 1030. The number of aliphatic carboxylic acids is 1. The topological polar surface area (TPSA) is 219 Å². The number of carbonyl (C=O) groups is 6. The molecule has 0 heterocycles. The highest BCUT2D eigenvalue weighted by Crippen LogP contribution is 2.31. The van der Waals surface area contributed by atoms with Gasteiger partial charge in [-0.3, -0.25) is 24.0 Å². The van der Waals surface area contributed by atoms with Gasteiger partial charge in [0.1, 0.15) is 0 Å². The first-order chi connectivity index (χ1) is 19.7. The predicted octanol–water partition coefficient (Wildman–Crippen LogP) is -0.188. The van der Waals surface area contributed by atoms with Crippen LogP contribution in [0, 0.1) is 17.8 Å². The molecule has 43 heavy (non-hydrogen) atoms. The highest BCUT2D eigenvalue weighted by atomic mass is 16.4. The van der Waals surface area contributed by atoms with Gasteiger partial charge in [0.25, 0.3) is 0 Å². The van der Waals surface area contributed by atoms with Gasteiger partial charge in [-0.05, 0) is 45.8 Å². The van der Waals surface area contributed by atoms with Crippen molar-refractivity contribution in [2.75, 3.05) is 21.1 Å². The number of hydrogen-bond acceptors (Lipinski definition) is 12. The number of aliphatic hydroxyl groups is 3. The Morgan fingerprint density at radius 3 is 1.35 bits per heavy atom. The molecule has 0 amide bonds. The number of rotatable bonds is 22. The largest absolute Gasteiger partial charge is 0.479 e. The second kappa shape index (κ2) is 16.6. The van der Waals surface area contributed by atoms with Crippen molar-refractivity contribution in [1.29, 1.82) is 0 Å². The molecule has 13 heteroatoms. The van der Waals surface area contributed by atoms with Crippen molar-refractivity contribution in [3.05, 3.63) is 0 Å². The molecule has 0 fully saturated rings. The molecule has 0 rings (SSSR count). The van der Waals surface area contributed by atoms with Crippen LogP contribution in [0.1, 0.15) is 80.6 Å². The monoisotopic (exact) mass is 615 g/mol. The molecule has 0 bridgehead atoms. The van der Waals surface area contributed by atoms with Crippen LogP contribution >= 0.6 is 0 Å². The molecular weight excluding hydrogens is 562 g/mol. The molecule has 0 aliphatic rings. The fourth-order valence-corrected chi connectivity index (χ4v) is 5.16. The van der Waals surface area contributed by atoms with E-state index in [9.17, 15) is 49.2 Å². The van der Waals surface area contributed by atoms with Crippen molar-refractivity contribution >= 4 is 34.9 Å².